The average Bonchev–Trinajstić information content (AvgIpc) is 3.10. The maximum absolute atomic E-state index is 6.13. The van der Waals surface area contributed by atoms with E-state index in [2.05, 4.69) is 9.97 Å². The van der Waals surface area contributed by atoms with E-state index in [4.69, 9.17) is 27.6 Å². The van der Waals surface area contributed by atoms with E-state index in [1.165, 1.54) is 11.3 Å². The van der Waals surface area contributed by atoms with Crippen molar-refractivity contribution in [3.63, 3.8) is 0 Å². The Bertz CT molecular complexity index is 983. The zero-order valence-corrected chi connectivity index (χ0v) is 12.8. The van der Waals surface area contributed by atoms with E-state index in [9.17, 15) is 0 Å². The second-order valence-corrected chi connectivity index (χ2v) is 6.01. The van der Waals surface area contributed by atoms with Gasteiger partial charge in [0.15, 0.2) is 15.7 Å². The molecule has 7 heteroatoms. The zero-order chi connectivity index (χ0) is 14.4. The topological polar surface area (TPSA) is 43.3 Å². The number of rotatable bonds is 2. The van der Waals surface area contributed by atoms with Crippen molar-refractivity contribution < 1.29 is 4.42 Å². The molecule has 0 aliphatic rings. The number of oxazole rings is 1. The Hall–Kier alpha value is -1.82. The Morgan fingerprint density at radius 2 is 2.10 bits per heavy atom. The van der Waals surface area contributed by atoms with E-state index in [0.29, 0.717) is 21.6 Å². The number of hydrogen-bond donors (Lipinski definition) is 0. The van der Waals surface area contributed by atoms with Crippen LogP contribution in [-0.4, -0.2) is 14.4 Å². The molecule has 0 fully saturated rings. The van der Waals surface area contributed by atoms with E-state index in [1.54, 1.807) is 24.3 Å². The Morgan fingerprint density at radius 1 is 1.19 bits per heavy atom. The Labute approximate surface area is 133 Å². The van der Waals surface area contributed by atoms with Crippen LogP contribution in [0.1, 0.15) is 11.6 Å². The normalized spacial score (nSPS) is 12.1. The Morgan fingerprint density at radius 3 is 3.00 bits per heavy atom. The lowest BCUT2D eigenvalue weighted by Crippen LogP contribution is -1.80. The minimum Gasteiger partial charge on any atom is -0.437 e. The highest BCUT2D eigenvalue weighted by molar-refractivity contribution is 7.15. The third kappa shape index (κ3) is 2.23. The number of aromatic nitrogens is 3. The van der Waals surface area contributed by atoms with Crippen LogP contribution in [0, 0.1) is 0 Å². The Kier molecular flexibility index (Phi) is 2.99. The fourth-order valence-electron chi connectivity index (χ4n) is 2.07. The van der Waals surface area contributed by atoms with Gasteiger partial charge in [0, 0.05) is 22.7 Å². The van der Waals surface area contributed by atoms with Gasteiger partial charge >= 0.3 is 0 Å². The van der Waals surface area contributed by atoms with E-state index in [0.717, 1.165) is 16.2 Å². The summed E-state index contributed by atoms with van der Waals surface area (Å²) in [5.41, 5.74) is 2.22. The number of fused-ring (bicyclic) bond motifs is 2. The summed E-state index contributed by atoms with van der Waals surface area (Å²) < 4.78 is 7.55. The molecule has 0 radical (unpaired) electrons. The van der Waals surface area contributed by atoms with Gasteiger partial charge in [-0.2, -0.15) is 0 Å². The van der Waals surface area contributed by atoms with Crippen molar-refractivity contribution in [3.05, 3.63) is 51.5 Å². The fraction of sp³-hybridized carbons (Fsp3) is 0. The highest BCUT2D eigenvalue weighted by Crippen LogP contribution is 2.24. The van der Waals surface area contributed by atoms with Crippen LogP contribution in [0.3, 0.4) is 0 Å². The summed E-state index contributed by atoms with van der Waals surface area (Å²) >= 11 is 13.6. The SMILES string of the molecule is Clc1ccc2oc(/C=C/c3c(Cl)nc4sccn34)nc2c1. The van der Waals surface area contributed by atoms with Crippen LogP contribution >= 0.6 is 34.5 Å². The molecule has 0 spiro atoms. The number of imidazole rings is 1. The number of thiazole rings is 1. The molecule has 4 nitrogen and oxygen atoms in total. The highest BCUT2D eigenvalue weighted by Gasteiger charge is 2.09. The van der Waals surface area contributed by atoms with Crippen molar-refractivity contribution >= 4 is 62.8 Å². The second kappa shape index (κ2) is 4.87. The minimum atomic E-state index is 0.456. The quantitative estimate of drug-likeness (QED) is 0.516. The van der Waals surface area contributed by atoms with E-state index >= 15 is 0 Å². The second-order valence-electron chi connectivity index (χ2n) is 4.34. The first kappa shape index (κ1) is 12.9. The first-order valence-electron chi connectivity index (χ1n) is 6.06. The first-order valence-corrected chi connectivity index (χ1v) is 7.69. The molecular weight excluding hydrogens is 329 g/mol. The van der Waals surface area contributed by atoms with Gasteiger partial charge in [-0.1, -0.05) is 23.2 Å². The summed E-state index contributed by atoms with van der Waals surface area (Å²) in [6.45, 7) is 0. The van der Waals surface area contributed by atoms with Gasteiger partial charge in [0.05, 0.1) is 5.69 Å². The molecule has 0 unspecified atom stereocenters. The molecule has 0 aliphatic carbocycles. The molecule has 0 amide bonds. The third-order valence-corrected chi connectivity index (χ3v) is 4.27. The highest BCUT2D eigenvalue weighted by atomic mass is 35.5. The molecule has 0 saturated heterocycles. The van der Waals surface area contributed by atoms with Gasteiger partial charge in [-0.15, -0.1) is 11.3 Å². The summed E-state index contributed by atoms with van der Waals surface area (Å²) in [6.07, 6.45) is 5.52. The summed E-state index contributed by atoms with van der Waals surface area (Å²) in [6, 6.07) is 5.33. The molecule has 4 rings (SSSR count). The molecule has 0 saturated carbocycles. The molecule has 0 bridgehead atoms. The number of halogens is 2. The molecular formula is C14H7Cl2N3OS. The molecule has 0 atom stereocenters. The standard InChI is InChI=1S/C14H7Cl2N3OS/c15-8-1-3-11-9(7-8)17-12(20-11)4-2-10-13(16)18-14-19(10)5-6-21-14/h1-7H/b4-2+. The van der Waals surface area contributed by atoms with Crippen LogP contribution in [0.25, 0.3) is 28.2 Å². The van der Waals surface area contributed by atoms with Gasteiger partial charge in [0.2, 0.25) is 5.89 Å². The number of benzene rings is 1. The van der Waals surface area contributed by atoms with E-state index < -0.39 is 0 Å². The largest absolute Gasteiger partial charge is 0.437 e. The van der Waals surface area contributed by atoms with Gasteiger partial charge in [-0.3, -0.25) is 4.40 Å². The van der Waals surface area contributed by atoms with Crippen LogP contribution in [0.5, 0.6) is 0 Å². The fourth-order valence-corrected chi connectivity index (χ4v) is 3.24. The van der Waals surface area contributed by atoms with Gasteiger partial charge in [0.25, 0.3) is 0 Å². The van der Waals surface area contributed by atoms with Crippen molar-refractivity contribution in [1.82, 2.24) is 14.4 Å². The predicted molar refractivity (Wildman–Crippen MR) is 86.0 cm³/mol. The third-order valence-electron chi connectivity index (χ3n) is 3.00. The summed E-state index contributed by atoms with van der Waals surface area (Å²) in [7, 11) is 0. The van der Waals surface area contributed by atoms with Gasteiger partial charge in [-0.25, -0.2) is 9.97 Å². The lowest BCUT2D eigenvalue weighted by Gasteiger charge is -1.90. The average molecular weight is 336 g/mol. The summed E-state index contributed by atoms with van der Waals surface area (Å²) in [5, 5.41) is 3.04. The number of nitrogens with zero attached hydrogens (tertiary/aromatic N) is 3. The van der Waals surface area contributed by atoms with Crippen LogP contribution in [0.2, 0.25) is 10.2 Å². The maximum atomic E-state index is 6.13. The molecule has 0 aliphatic heterocycles. The van der Waals surface area contributed by atoms with Crippen molar-refractivity contribution in [2.24, 2.45) is 0 Å². The number of hydrogen-bond acceptors (Lipinski definition) is 4. The van der Waals surface area contributed by atoms with Crippen molar-refractivity contribution in [3.8, 4) is 0 Å². The molecule has 4 aromatic rings. The molecule has 3 heterocycles. The van der Waals surface area contributed by atoms with Crippen molar-refractivity contribution in [2.45, 2.75) is 0 Å². The molecule has 104 valence electrons. The summed E-state index contributed by atoms with van der Waals surface area (Å²) in [4.78, 5) is 9.48. The zero-order valence-electron chi connectivity index (χ0n) is 10.5. The lowest BCUT2D eigenvalue weighted by atomic mass is 10.3. The summed E-state index contributed by atoms with van der Waals surface area (Å²) in [5.74, 6) is 0.494. The first-order chi connectivity index (χ1) is 10.2. The van der Waals surface area contributed by atoms with Crippen LogP contribution in [-0.2, 0) is 0 Å². The minimum absolute atomic E-state index is 0.456. The Balaban J connectivity index is 1.76. The van der Waals surface area contributed by atoms with Gasteiger partial charge < -0.3 is 4.42 Å². The predicted octanol–water partition coefficient (Wildman–Crippen LogP) is 5.01. The molecule has 3 aromatic heterocycles. The van der Waals surface area contributed by atoms with Crippen molar-refractivity contribution in [2.75, 3.05) is 0 Å². The van der Waals surface area contributed by atoms with Crippen LogP contribution in [0.4, 0.5) is 0 Å². The van der Waals surface area contributed by atoms with Gasteiger partial charge in [-0.05, 0) is 24.3 Å². The molecule has 1 aromatic carbocycles. The maximum Gasteiger partial charge on any atom is 0.220 e. The van der Waals surface area contributed by atoms with Crippen LogP contribution < -0.4 is 0 Å². The van der Waals surface area contributed by atoms with E-state index in [1.807, 2.05) is 22.1 Å². The smallest absolute Gasteiger partial charge is 0.220 e. The molecule has 21 heavy (non-hydrogen) atoms. The van der Waals surface area contributed by atoms with Crippen molar-refractivity contribution in [1.29, 1.82) is 0 Å². The van der Waals surface area contributed by atoms with Crippen LogP contribution in [0.15, 0.2) is 34.2 Å². The molecule has 0 N–H and O–H groups in total. The van der Waals surface area contributed by atoms with E-state index in [-0.39, 0.29) is 0 Å². The lowest BCUT2D eigenvalue weighted by molar-refractivity contribution is 0.589. The monoisotopic (exact) mass is 335 g/mol. The van der Waals surface area contributed by atoms with Gasteiger partial charge in [0.1, 0.15) is 5.52 Å².